The van der Waals surface area contributed by atoms with Gasteiger partial charge >= 0.3 is 0 Å². The lowest BCUT2D eigenvalue weighted by atomic mass is 9.69. The monoisotopic (exact) mass is 984 g/mol. The van der Waals surface area contributed by atoms with Gasteiger partial charge in [-0.2, -0.15) is 0 Å². The van der Waals surface area contributed by atoms with Gasteiger partial charge in [-0.25, -0.2) is 0 Å². The molecule has 12 rings (SSSR count). The summed E-state index contributed by atoms with van der Waals surface area (Å²) in [7, 11) is 0. The van der Waals surface area contributed by atoms with Crippen LogP contribution in [0.3, 0.4) is 0 Å². The van der Waals surface area contributed by atoms with Gasteiger partial charge in [0.1, 0.15) is 67.7 Å². The minimum atomic E-state index is -0.901. The molecule has 2 saturated heterocycles. The van der Waals surface area contributed by atoms with Crippen LogP contribution in [0.2, 0.25) is 0 Å². The van der Waals surface area contributed by atoms with Crippen molar-refractivity contribution in [2.24, 2.45) is 0 Å². The minimum Gasteiger partial charge on any atom is -0.491 e. The van der Waals surface area contributed by atoms with Crippen LogP contribution in [0.25, 0.3) is 0 Å². The van der Waals surface area contributed by atoms with Crippen molar-refractivity contribution in [3.63, 3.8) is 0 Å². The number of ether oxygens (including phenoxy) is 6. The molecule has 2 fully saturated rings. The first-order valence-corrected chi connectivity index (χ1v) is 25.8. The predicted molar refractivity (Wildman–Crippen MR) is 284 cm³/mol. The first-order valence-electron chi connectivity index (χ1n) is 25.8. The number of epoxide rings is 2. The van der Waals surface area contributed by atoms with Gasteiger partial charge in [0, 0.05) is 22.7 Å². The fourth-order valence-electron chi connectivity index (χ4n) is 11.7. The summed E-state index contributed by atoms with van der Waals surface area (Å²) in [5.41, 5.74) is 12.4. The Hall–Kier alpha value is -7.24. The summed E-state index contributed by atoms with van der Waals surface area (Å²) >= 11 is 0. The second-order valence-corrected chi connectivity index (χ2v) is 20.2. The molecule has 0 bridgehead atoms. The van der Waals surface area contributed by atoms with Crippen LogP contribution >= 0.6 is 0 Å². The number of aliphatic hydroxyl groups is 3. The first-order chi connectivity index (χ1) is 36.4. The Morgan fingerprint density at radius 3 is 1.09 bits per heavy atom. The van der Waals surface area contributed by atoms with Crippen molar-refractivity contribution < 1.29 is 43.7 Å². The van der Waals surface area contributed by atoms with E-state index in [-0.39, 0.29) is 50.5 Å². The van der Waals surface area contributed by atoms with Crippen molar-refractivity contribution >= 4 is 0 Å². The number of rotatable bonds is 20. The van der Waals surface area contributed by atoms with Gasteiger partial charge in [0.2, 0.25) is 0 Å². The molecule has 3 N–H and O–H groups in total. The molecule has 2 aliphatic heterocycles. The van der Waals surface area contributed by atoms with Gasteiger partial charge in [-0.05, 0) is 128 Å². The number of aliphatic hydroxyl groups excluding tert-OH is 3. The van der Waals surface area contributed by atoms with Crippen molar-refractivity contribution in [1.29, 1.82) is 0 Å². The predicted octanol–water partition coefficient (Wildman–Crippen LogP) is 10.8. The summed E-state index contributed by atoms with van der Waals surface area (Å²) in [6.07, 6.45) is 1.01. The lowest BCUT2D eigenvalue weighted by Crippen LogP contribution is -2.27. The normalized spacial score (nSPS) is 22.6. The lowest BCUT2D eigenvalue weighted by Gasteiger charge is -2.33. The average molecular weight is 985 g/mol. The van der Waals surface area contributed by atoms with E-state index in [2.05, 4.69) is 133 Å². The van der Waals surface area contributed by atoms with Crippen LogP contribution in [0.4, 0.5) is 0 Å². The van der Waals surface area contributed by atoms with Crippen LogP contribution in [0.15, 0.2) is 194 Å². The molecule has 2 heterocycles. The van der Waals surface area contributed by atoms with E-state index in [0.29, 0.717) is 24.7 Å². The van der Waals surface area contributed by atoms with Crippen LogP contribution in [-0.4, -0.2) is 73.3 Å². The number of fused-ring (bicyclic) bond motifs is 2. The summed E-state index contributed by atoms with van der Waals surface area (Å²) in [5, 5.41) is 32.0. The van der Waals surface area contributed by atoms with Crippen LogP contribution in [0.1, 0.15) is 91.4 Å². The summed E-state index contributed by atoms with van der Waals surface area (Å²) in [6, 6.07) is 67.4. The molecular weight excluding hydrogens is 925 g/mol. The van der Waals surface area contributed by atoms with Gasteiger partial charge in [0.05, 0.1) is 26.4 Å². The highest BCUT2D eigenvalue weighted by Gasteiger charge is 2.48. The van der Waals surface area contributed by atoms with E-state index in [1.807, 2.05) is 60.7 Å². The van der Waals surface area contributed by atoms with Gasteiger partial charge in [-0.15, -0.1) is 0 Å². The zero-order valence-corrected chi connectivity index (χ0v) is 41.2. The van der Waals surface area contributed by atoms with E-state index >= 15 is 0 Å². The zero-order valence-electron chi connectivity index (χ0n) is 41.2. The molecule has 8 aromatic carbocycles. The first kappa shape index (κ1) is 47.7. The summed E-state index contributed by atoms with van der Waals surface area (Å²) in [6.45, 7) is 2.50. The molecule has 8 aromatic rings. The third kappa shape index (κ3) is 9.47. The molecule has 74 heavy (non-hydrogen) atoms. The second-order valence-electron chi connectivity index (χ2n) is 20.2. The van der Waals surface area contributed by atoms with Gasteiger partial charge in [-0.1, -0.05) is 146 Å². The summed E-state index contributed by atoms with van der Waals surface area (Å²) in [4.78, 5) is 0. The zero-order chi connectivity index (χ0) is 50.1. The molecule has 0 radical (unpaired) electrons. The molecule has 0 saturated carbocycles. The Morgan fingerprint density at radius 1 is 0.432 bits per heavy atom. The Balaban J connectivity index is 0.771. The van der Waals surface area contributed by atoms with E-state index in [9.17, 15) is 15.3 Å². The van der Waals surface area contributed by atoms with Crippen LogP contribution < -0.4 is 18.9 Å². The third-order valence-corrected chi connectivity index (χ3v) is 15.6. The van der Waals surface area contributed by atoms with Crippen molar-refractivity contribution in [3.8, 4) is 23.0 Å². The third-order valence-electron chi connectivity index (χ3n) is 15.6. The largest absolute Gasteiger partial charge is 0.491 e. The molecule has 6 unspecified atom stereocenters. The minimum absolute atomic E-state index is 0.0378. The summed E-state index contributed by atoms with van der Waals surface area (Å²) in [5.74, 6) is 3.12. The molecule has 9 heteroatoms. The second kappa shape index (κ2) is 20.6. The smallest absolute Gasteiger partial charge is 0.122 e. The Kier molecular flexibility index (Phi) is 13.3. The average Bonchev–Trinajstić information content (AvgIpc) is 4.43. The van der Waals surface area contributed by atoms with E-state index in [1.165, 1.54) is 33.4 Å². The highest BCUT2D eigenvalue weighted by molar-refractivity contribution is 5.63. The fraction of sp³-hybridized carbons (Fsp3) is 0.262. The van der Waals surface area contributed by atoms with Gasteiger partial charge in [-0.3, -0.25) is 0 Å². The molecule has 0 aromatic heterocycles. The molecule has 2 aliphatic carbocycles. The maximum absolute atomic E-state index is 11.3. The van der Waals surface area contributed by atoms with Gasteiger partial charge < -0.3 is 43.7 Å². The highest BCUT2D eigenvalue weighted by Crippen LogP contribution is 2.58. The molecule has 0 spiro atoms. The van der Waals surface area contributed by atoms with Gasteiger partial charge in [0.15, 0.2) is 0 Å². The Labute approximate surface area is 432 Å². The van der Waals surface area contributed by atoms with Crippen molar-refractivity contribution in [3.05, 3.63) is 261 Å². The summed E-state index contributed by atoms with van der Waals surface area (Å²) < 4.78 is 35.4. The lowest BCUT2D eigenvalue weighted by molar-refractivity contribution is 0.0626. The quantitative estimate of drug-likeness (QED) is 0.0641. The number of benzene rings is 8. The topological polar surface area (TPSA) is 123 Å². The van der Waals surface area contributed by atoms with E-state index in [1.54, 1.807) is 0 Å². The van der Waals surface area contributed by atoms with E-state index in [4.69, 9.17) is 28.4 Å². The Bertz CT molecular complexity index is 2960. The molecule has 0 amide bonds. The fourth-order valence-corrected chi connectivity index (χ4v) is 11.7. The maximum Gasteiger partial charge on any atom is 0.122 e. The van der Waals surface area contributed by atoms with Gasteiger partial charge in [0.25, 0.3) is 0 Å². The van der Waals surface area contributed by atoms with Crippen LogP contribution in [0, 0.1) is 0 Å². The van der Waals surface area contributed by atoms with Crippen LogP contribution in [-0.2, 0) is 33.5 Å². The van der Waals surface area contributed by atoms with E-state index < -0.39 is 16.9 Å². The maximum atomic E-state index is 11.3. The molecule has 6 atom stereocenters. The van der Waals surface area contributed by atoms with Crippen molar-refractivity contribution in [2.75, 3.05) is 39.6 Å². The Morgan fingerprint density at radius 2 is 0.770 bits per heavy atom. The standard InChI is InChI=1S/C65H60O9/c66-35-43-11-29-58-60(45-7-3-1-4-8-45)33-64(62(58)31-43,49-17-25-54(26-18-49)71-39-56-41-73-56)47-13-21-52(22-14-47)69-37-51(68)38-70-53-23-15-48(16-24-53)65(50-19-27-55(28-20-50)72-40-57-42-74-57)34-61(46-9-5-2-6-10-46)59-30-12-44(36-67)32-63(59)65/h1-32,51,56-57,60-61,66-68H,33-42H2. The van der Waals surface area contributed by atoms with Crippen molar-refractivity contribution in [2.45, 2.75) is 67.0 Å². The number of hydrogen-bond acceptors (Lipinski definition) is 9. The van der Waals surface area contributed by atoms with Crippen molar-refractivity contribution in [1.82, 2.24) is 0 Å². The molecule has 4 aliphatic rings. The number of hydrogen-bond donors (Lipinski definition) is 3. The van der Waals surface area contributed by atoms with E-state index in [0.717, 1.165) is 70.9 Å². The SMILES string of the molecule is OCc1ccc2c(c1)C(c1ccc(OCC(O)COc3ccc(C4(c5ccc(OCC6CO6)cc5)CC(c5ccccc5)c5ccc(CO)cc54)cc3)cc1)(c1ccc(OCC3CO3)cc1)CC2c1ccccc1. The molecule has 9 nitrogen and oxygen atoms in total. The highest BCUT2D eigenvalue weighted by atomic mass is 16.6. The molecule has 374 valence electrons. The molecular formula is C65H60O9. The van der Waals surface area contributed by atoms with Crippen LogP contribution in [0.5, 0.6) is 23.0 Å².